The molecule has 1 aliphatic rings. The van der Waals surface area contributed by atoms with Crippen LogP contribution in [0.3, 0.4) is 0 Å². The molecular weight excluding hydrogens is 374 g/mol. The predicted octanol–water partition coefficient (Wildman–Crippen LogP) is 2.10. The van der Waals surface area contributed by atoms with Crippen LogP contribution in [-0.2, 0) is 16.4 Å². The van der Waals surface area contributed by atoms with Crippen molar-refractivity contribution in [2.45, 2.75) is 11.4 Å². The molecule has 0 saturated carbocycles. The van der Waals surface area contributed by atoms with Crippen LogP contribution in [-0.4, -0.2) is 61.5 Å². The Kier molecular flexibility index (Phi) is 5.60. The van der Waals surface area contributed by atoms with Crippen LogP contribution in [0.2, 0.25) is 5.02 Å². The van der Waals surface area contributed by atoms with Gasteiger partial charge in [0, 0.05) is 56.9 Å². The maximum absolute atomic E-state index is 12.7. The summed E-state index contributed by atoms with van der Waals surface area (Å²) < 4.78 is 23.6. The van der Waals surface area contributed by atoms with Crippen molar-refractivity contribution in [2.75, 3.05) is 32.4 Å². The van der Waals surface area contributed by atoms with Crippen molar-refractivity contribution in [3.63, 3.8) is 0 Å². The third-order valence-electron chi connectivity index (χ3n) is 4.39. The molecule has 138 valence electrons. The maximum atomic E-state index is 12.7. The molecule has 2 aromatic rings. The van der Waals surface area contributed by atoms with E-state index < -0.39 is 9.84 Å². The van der Waals surface area contributed by atoms with Gasteiger partial charge in [0.25, 0.3) is 5.91 Å². The highest BCUT2D eigenvalue weighted by atomic mass is 35.5. The van der Waals surface area contributed by atoms with Crippen LogP contribution < -0.4 is 0 Å². The highest BCUT2D eigenvalue weighted by molar-refractivity contribution is 7.90. The highest BCUT2D eigenvalue weighted by Crippen LogP contribution is 2.23. The largest absolute Gasteiger partial charge is 0.336 e. The number of halogens is 1. The van der Waals surface area contributed by atoms with E-state index in [9.17, 15) is 13.2 Å². The van der Waals surface area contributed by atoms with Crippen LogP contribution in [0.4, 0.5) is 0 Å². The molecule has 3 rings (SSSR count). The van der Waals surface area contributed by atoms with Crippen molar-refractivity contribution < 1.29 is 13.2 Å². The van der Waals surface area contributed by atoms with Crippen molar-refractivity contribution in [3.8, 4) is 0 Å². The second-order valence-corrected chi connectivity index (χ2v) is 8.73. The second kappa shape index (κ2) is 7.73. The van der Waals surface area contributed by atoms with E-state index in [1.54, 1.807) is 23.4 Å². The Bertz CT molecular complexity index is 895. The number of amides is 1. The molecular formula is C18H20ClN3O3S. The van der Waals surface area contributed by atoms with Crippen LogP contribution >= 0.6 is 11.6 Å². The lowest BCUT2D eigenvalue weighted by Crippen LogP contribution is -2.48. The maximum Gasteiger partial charge on any atom is 0.253 e. The minimum Gasteiger partial charge on any atom is -0.336 e. The van der Waals surface area contributed by atoms with Crippen molar-refractivity contribution in [3.05, 3.63) is 58.9 Å². The Morgan fingerprint density at radius 3 is 2.38 bits per heavy atom. The van der Waals surface area contributed by atoms with Gasteiger partial charge in [0.05, 0.1) is 9.92 Å². The Morgan fingerprint density at radius 2 is 1.77 bits per heavy atom. The molecule has 8 heteroatoms. The zero-order chi connectivity index (χ0) is 18.7. The van der Waals surface area contributed by atoms with Crippen LogP contribution in [0.5, 0.6) is 0 Å². The number of nitrogens with zero attached hydrogens (tertiary/aromatic N) is 3. The van der Waals surface area contributed by atoms with Gasteiger partial charge in [-0.15, -0.1) is 0 Å². The molecule has 0 radical (unpaired) electrons. The molecule has 1 fully saturated rings. The van der Waals surface area contributed by atoms with Crippen molar-refractivity contribution in [1.82, 2.24) is 14.8 Å². The van der Waals surface area contributed by atoms with Crippen molar-refractivity contribution in [1.29, 1.82) is 0 Å². The number of benzene rings is 1. The van der Waals surface area contributed by atoms with Gasteiger partial charge in [0.15, 0.2) is 9.84 Å². The van der Waals surface area contributed by atoms with Gasteiger partial charge in [-0.25, -0.2) is 8.42 Å². The average molecular weight is 394 g/mol. The Morgan fingerprint density at radius 1 is 1.12 bits per heavy atom. The Balaban J connectivity index is 1.65. The summed E-state index contributed by atoms with van der Waals surface area (Å²) in [5.74, 6) is -0.171. The predicted molar refractivity (Wildman–Crippen MR) is 100.0 cm³/mol. The molecule has 2 heterocycles. The molecule has 0 N–H and O–H groups in total. The number of carbonyl (C=O) groups is 1. The standard InChI is InChI=1S/C18H20ClN3O3S/c1-26(24,25)17-12-15(2-3-16(17)19)18(23)22-10-8-21(9-11-22)13-14-4-6-20-7-5-14/h2-7,12H,8-11,13H2,1H3. The minimum atomic E-state index is -3.48. The summed E-state index contributed by atoms with van der Waals surface area (Å²) in [5.41, 5.74) is 1.53. The molecule has 1 aromatic heterocycles. The van der Waals surface area contributed by atoms with Gasteiger partial charge in [-0.1, -0.05) is 11.6 Å². The van der Waals surface area contributed by atoms with Crippen LogP contribution in [0.1, 0.15) is 15.9 Å². The fourth-order valence-electron chi connectivity index (χ4n) is 2.96. The molecule has 0 atom stereocenters. The van der Waals surface area contributed by atoms with E-state index in [0.29, 0.717) is 18.7 Å². The molecule has 0 spiro atoms. The first-order valence-electron chi connectivity index (χ1n) is 8.25. The van der Waals surface area contributed by atoms with E-state index in [-0.39, 0.29) is 15.8 Å². The van der Waals surface area contributed by atoms with E-state index in [4.69, 9.17) is 11.6 Å². The zero-order valence-electron chi connectivity index (χ0n) is 14.4. The first-order chi connectivity index (χ1) is 12.3. The Labute approximate surface area is 158 Å². The molecule has 6 nitrogen and oxygen atoms in total. The van der Waals surface area contributed by atoms with Crippen LogP contribution in [0.25, 0.3) is 0 Å². The van der Waals surface area contributed by atoms with E-state index in [0.717, 1.165) is 25.9 Å². The van der Waals surface area contributed by atoms with Crippen molar-refractivity contribution in [2.24, 2.45) is 0 Å². The van der Waals surface area contributed by atoms with Gasteiger partial charge in [0.1, 0.15) is 0 Å². The van der Waals surface area contributed by atoms with E-state index in [1.807, 2.05) is 12.1 Å². The zero-order valence-corrected chi connectivity index (χ0v) is 16.0. The van der Waals surface area contributed by atoms with E-state index in [1.165, 1.54) is 17.7 Å². The van der Waals surface area contributed by atoms with Gasteiger partial charge in [-0.05, 0) is 35.9 Å². The summed E-state index contributed by atoms with van der Waals surface area (Å²) >= 11 is 5.95. The first kappa shape index (κ1) is 18.8. The highest BCUT2D eigenvalue weighted by Gasteiger charge is 2.24. The van der Waals surface area contributed by atoms with Gasteiger partial charge in [-0.2, -0.15) is 0 Å². The average Bonchev–Trinajstić information content (AvgIpc) is 2.62. The number of aromatic nitrogens is 1. The molecule has 1 saturated heterocycles. The third-order valence-corrected chi connectivity index (χ3v) is 5.97. The van der Waals surface area contributed by atoms with Crippen LogP contribution in [0, 0.1) is 0 Å². The SMILES string of the molecule is CS(=O)(=O)c1cc(C(=O)N2CCN(Cc3ccncc3)CC2)ccc1Cl. The molecule has 1 aromatic carbocycles. The lowest BCUT2D eigenvalue weighted by Gasteiger charge is -2.34. The topological polar surface area (TPSA) is 70.6 Å². The van der Waals surface area contributed by atoms with Gasteiger partial charge < -0.3 is 4.90 Å². The number of hydrogen-bond donors (Lipinski definition) is 0. The van der Waals surface area contributed by atoms with E-state index >= 15 is 0 Å². The number of sulfone groups is 1. The molecule has 1 aliphatic heterocycles. The lowest BCUT2D eigenvalue weighted by atomic mass is 10.1. The summed E-state index contributed by atoms with van der Waals surface area (Å²) in [5, 5.41) is 0.131. The second-order valence-electron chi connectivity index (χ2n) is 6.34. The third kappa shape index (κ3) is 4.41. The molecule has 1 amide bonds. The summed E-state index contributed by atoms with van der Waals surface area (Å²) in [7, 11) is -3.48. The normalized spacial score (nSPS) is 15.8. The fraction of sp³-hybridized carbons (Fsp3) is 0.333. The smallest absolute Gasteiger partial charge is 0.253 e. The first-order valence-corrected chi connectivity index (χ1v) is 10.5. The quantitative estimate of drug-likeness (QED) is 0.795. The summed E-state index contributed by atoms with van der Waals surface area (Å²) in [6.45, 7) is 3.55. The molecule has 0 bridgehead atoms. The minimum absolute atomic E-state index is 0.0126. The molecule has 26 heavy (non-hydrogen) atoms. The number of piperazine rings is 1. The summed E-state index contributed by atoms with van der Waals surface area (Å²) in [6, 6.07) is 8.37. The number of carbonyl (C=O) groups excluding carboxylic acids is 1. The van der Waals surface area contributed by atoms with Gasteiger partial charge >= 0.3 is 0 Å². The number of rotatable bonds is 4. The Hall–Kier alpha value is -1.96. The molecule has 0 unspecified atom stereocenters. The lowest BCUT2D eigenvalue weighted by molar-refractivity contribution is 0.0628. The van der Waals surface area contributed by atoms with Crippen molar-refractivity contribution >= 4 is 27.3 Å². The number of pyridine rings is 1. The van der Waals surface area contributed by atoms with Crippen LogP contribution in [0.15, 0.2) is 47.6 Å². The van der Waals surface area contributed by atoms with Gasteiger partial charge in [-0.3, -0.25) is 14.7 Å². The monoisotopic (exact) mass is 393 g/mol. The summed E-state index contributed by atoms with van der Waals surface area (Å²) in [4.78, 5) is 20.7. The molecule has 0 aliphatic carbocycles. The number of hydrogen-bond acceptors (Lipinski definition) is 5. The van der Waals surface area contributed by atoms with E-state index in [2.05, 4.69) is 9.88 Å². The fourth-order valence-corrected chi connectivity index (χ4v) is 4.26. The summed E-state index contributed by atoms with van der Waals surface area (Å²) in [6.07, 6.45) is 4.63. The van der Waals surface area contributed by atoms with Gasteiger partial charge in [0.2, 0.25) is 0 Å².